The van der Waals surface area contributed by atoms with Crippen molar-refractivity contribution in [3.8, 4) is 11.5 Å². The average molecular weight is 315 g/mol. The molecule has 22 heavy (non-hydrogen) atoms. The summed E-state index contributed by atoms with van der Waals surface area (Å²) < 4.78 is 0. The van der Waals surface area contributed by atoms with Crippen molar-refractivity contribution in [3.63, 3.8) is 0 Å². The summed E-state index contributed by atoms with van der Waals surface area (Å²) in [6.07, 6.45) is 2.03. The summed E-state index contributed by atoms with van der Waals surface area (Å²) in [7, 11) is 0. The van der Waals surface area contributed by atoms with Gasteiger partial charge in [0, 0.05) is 28.3 Å². The lowest BCUT2D eigenvalue weighted by Gasteiger charge is -2.38. The van der Waals surface area contributed by atoms with E-state index in [1.54, 1.807) is 12.1 Å². The highest BCUT2D eigenvalue weighted by molar-refractivity contribution is 7.12. The van der Waals surface area contributed by atoms with Crippen LogP contribution in [0.2, 0.25) is 0 Å². The van der Waals surface area contributed by atoms with Crippen LogP contribution in [-0.2, 0) is 13.0 Å². The molecule has 0 unspecified atom stereocenters. The number of thiophene rings is 1. The first-order chi connectivity index (χ1) is 10.5. The van der Waals surface area contributed by atoms with Gasteiger partial charge < -0.3 is 15.5 Å². The van der Waals surface area contributed by atoms with Gasteiger partial charge in [-0.25, -0.2) is 0 Å². The zero-order valence-electron chi connectivity index (χ0n) is 12.9. The molecule has 1 aliphatic heterocycles. The van der Waals surface area contributed by atoms with Crippen molar-refractivity contribution in [3.05, 3.63) is 44.6 Å². The minimum Gasteiger partial charge on any atom is -0.504 e. The molecule has 1 aliphatic carbocycles. The summed E-state index contributed by atoms with van der Waals surface area (Å²) in [5, 5.41) is 23.4. The molecule has 0 amide bonds. The Labute approximate surface area is 134 Å². The normalized spacial score (nSPS) is 23.0. The van der Waals surface area contributed by atoms with Crippen LogP contribution in [0.5, 0.6) is 11.5 Å². The Kier molecular flexibility index (Phi) is 3.20. The van der Waals surface area contributed by atoms with Gasteiger partial charge in [-0.3, -0.25) is 0 Å². The monoisotopic (exact) mass is 315 g/mol. The molecule has 2 atom stereocenters. The van der Waals surface area contributed by atoms with Crippen molar-refractivity contribution in [2.75, 3.05) is 0 Å². The number of hydrogen-bond acceptors (Lipinski definition) is 4. The highest BCUT2D eigenvalue weighted by atomic mass is 32.1. The highest BCUT2D eigenvalue weighted by Gasteiger charge is 2.37. The van der Waals surface area contributed by atoms with E-state index in [9.17, 15) is 10.2 Å². The van der Waals surface area contributed by atoms with Gasteiger partial charge >= 0.3 is 0 Å². The first-order valence-electron chi connectivity index (χ1n) is 7.95. The molecule has 3 nitrogen and oxygen atoms in total. The quantitative estimate of drug-likeness (QED) is 0.701. The number of nitrogens with one attached hydrogen (secondary N) is 1. The maximum atomic E-state index is 9.94. The summed E-state index contributed by atoms with van der Waals surface area (Å²) in [5.41, 5.74) is 3.75. The van der Waals surface area contributed by atoms with E-state index < -0.39 is 0 Å². The summed E-state index contributed by atoms with van der Waals surface area (Å²) in [6.45, 7) is 5.42. The predicted octanol–water partition coefficient (Wildman–Crippen LogP) is 3.83. The Balaban J connectivity index is 1.87. The van der Waals surface area contributed by atoms with Crippen LogP contribution in [0.1, 0.15) is 58.5 Å². The lowest BCUT2D eigenvalue weighted by molar-refractivity contribution is 0.383. The van der Waals surface area contributed by atoms with Crippen LogP contribution in [0.3, 0.4) is 0 Å². The molecular formula is C18H21NO2S. The number of fused-ring (bicyclic) bond motifs is 5. The van der Waals surface area contributed by atoms with Gasteiger partial charge in [0.15, 0.2) is 11.5 Å². The van der Waals surface area contributed by atoms with Gasteiger partial charge in [-0.05, 0) is 53.6 Å². The Morgan fingerprint density at radius 1 is 1.14 bits per heavy atom. The lowest BCUT2D eigenvalue weighted by Crippen LogP contribution is -2.41. The fraction of sp³-hybridized carbons (Fsp3) is 0.444. The topological polar surface area (TPSA) is 52.5 Å². The average Bonchev–Trinajstić information content (AvgIpc) is 2.92. The standard InChI is InChI=1S/C18H21NO2S/c1-9(2)16-6-11-8-19-13-4-3-10-5-14(20)15(21)7-12(10)17(13)18(11)22-16/h5-7,9,13,17,19-21H,3-4,8H2,1-2H3/t13-,17-/m1/s1. The van der Waals surface area contributed by atoms with Crippen molar-refractivity contribution in [1.82, 2.24) is 5.32 Å². The molecule has 3 N–H and O–H groups in total. The second-order valence-electron chi connectivity index (χ2n) is 6.74. The van der Waals surface area contributed by atoms with Gasteiger partial charge in [-0.15, -0.1) is 11.3 Å². The van der Waals surface area contributed by atoms with E-state index >= 15 is 0 Å². The second-order valence-corrected chi connectivity index (χ2v) is 7.85. The van der Waals surface area contributed by atoms with Gasteiger partial charge in [0.2, 0.25) is 0 Å². The zero-order valence-corrected chi connectivity index (χ0v) is 13.7. The van der Waals surface area contributed by atoms with E-state index in [1.165, 1.54) is 26.4 Å². The largest absolute Gasteiger partial charge is 0.504 e. The fourth-order valence-electron chi connectivity index (χ4n) is 3.77. The number of phenols is 2. The maximum absolute atomic E-state index is 9.94. The van der Waals surface area contributed by atoms with E-state index in [0.717, 1.165) is 19.4 Å². The minimum atomic E-state index is -0.00726. The third kappa shape index (κ3) is 2.05. The Morgan fingerprint density at radius 3 is 2.68 bits per heavy atom. The number of aromatic hydroxyl groups is 2. The molecule has 4 heteroatoms. The Hall–Kier alpha value is -1.52. The second kappa shape index (κ2) is 5.00. The van der Waals surface area contributed by atoms with Crippen LogP contribution in [0, 0.1) is 0 Å². The lowest BCUT2D eigenvalue weighted by atomic mass is 9.75. The SMILES string of the molecule is CC(C)c1cc2c(s1)[C@@H]1c3cc(O)c(O)cc3CC[C@H]1NC2. The molecular weight excluding hydrogens is 294 g/mol. The molecule has 0 spiro atoms. The molecule has 0 radical (unpaired) electrons. The third-order valence-electron chi connectivity index (χ3n) is 4.97. The summed E-state index contributed by atoms with van der Waals surface area (Å²) in [4.78, 5) is 2.88. The molecule has 4 rings (SSSR count). The molecule has 0 saturated carbocycles. The van der Waals surface area contributed by atoms with Crippen LogP contribution in [-0.4, -0.2) is 16.3 Å². The zero-order chi connectivity index (χ0) is 15.4. The Bertz CT molecular complexity index is 735. The van der Waals surface area contributed by atoms with E-state index in [-0.39, 0.29) is 11.5 Å². The molecule has 2 aromatic rings. The number of rotatable bonds is 1. The molecule has 2 aliphatic rings. The van der Waals surface area contributed by atoms with Crippen LogP contribution in [0.4, 0.5) is 0 Å². The summed E-state index contributed by atoms with van der Waals surface area (Å²) >= 11 is 1.92. The van der Waals surface area contributed by atoms with Gasteiger partial charge in [-0.1, -0.05) is 13.8 Å². The molecule has 2 heterocycles. The number of phenolic OH excluding ortho intramolecular Hbond substituents is 2. The number of aryl methyl sites for hydroxylation is 1. The minimum absolute atomic E-state index is 0.00441. The van der Waals surface area contributed by atoms with E-state index in [0.29, 0.717) is 17.9 Å². The first kappa shape index (κ1) is 14.1. The predicted molar refractivity (Wildman–Crippen MR) is 89.0 cm³/mol. The molecule has 0 saturated heterocycles. The maximum Gasteiger partial charge on any atom is 0.157 e. The molecule has 1 aromatic heterocycles. The molecule has 0 bridgehead atoms. The highest BCUT2D eigenvalue weighted by Crippen LogP contribution is 2.47. The number of hydrogen-bond donors (Lipinski definition) is 3. The van der Waals surface area contributed by atoms with Gasteiger partial charge in [0.05, 0.1) is 0 Å². The number of benzene rings is 1. The molecule has 0 fully saturated rings. The van der Waals surface area contributed by atoms with Crippen LogP contribution in [0.25, 0.3) is 0 Å². The van der Waals surface area contributed by atoms with E-state index in [2.05, 4.69) is 25.2 Å². The van der Waals surface area contributed by atoms with Crippen molar-refractivity contribution in [2.24, 2.45) is 0 Å². The van der Waals surface area contributed by atoms with Gasteiger partial charge in [0.1, 0.15) is 0 Å². The Morgan fingerprint density at radius 2 is 1.91 bits per heavy atom. The molecule has 116 valence electrons. The van der Waals surface area contributed by atoms with Crippen molar-refractivity contribution in [2.45, 2.75) is 51.1 Å². The van der Waals surface area contributed by atoms with E-state index in [1.807, 2.05) is 11.3 Å². The first-order valence-corrected chi connectivity index (χ1v) is 8.77. The summed E-state index contributed by atoms with van der Waals surface area (Å²) in [5.74, 6) is 0.837. The third-order valence-corrected chi connectivity index (χ3v) is 6.53. The smallest absolute Gasteiger partial charge is 0.157 e. The van der Waals surface area contributed by atoms with Crippen LogP contribution >= 0.6 is 11.3 Å². The fourth-order valence-corrected chi connectivity index (χ4v) is 5.14. The van der Waals surface area contributed by atoms with Gasteiger partial charge in [-0.2, -0.15) is 0 Å². The van der Waals surface area contributed by atoms with Gasteiger partial charge in [0.25, 0.3) is 0 Å². The van der Waals surface area contributed by atoms with E-state index in [4.69, 9.17) is 0 Å². The van der Waals surface area contributed by atoms with Crippen LogP contribution < -0.4 is 5.32 Å². The molecule has 1 aromatic carbocycles. The van der Waals surface area contributed by atoms with Crippen molar-refractivity contribution < 1.29 is 10.2 Å². The summed E-state index contributed by atoms with van der Waals surface area (Å²) in [6, 6.07) is 6.28. The van der Waals surface area contributed by atoms with Crippen LogP contribution in [0.15, 0.2) is 18.2 Å². The van der Waals surface area contributed by atoms with Crippen molar-refractivity contribution in [1.29, 1.82) is 0 Å². The van der Waals surface area contributed by atoms with Crippen molar-refractivity contribution >= 4 is 11.3 Å².